The number of azo groups is 1. The maximum Gasteiger partial charge on any atom is 0.284 e. The number of para-hydroxylation sites is 3. The highest BCUT2D eigenvalue weighted by atomic mass is 16.5. The van der Waals surface area contributed by atoms with Crippen LogP contribution in [0.25, 0.3) is 10.9 Å². The number of ether oxygens (including phenoxy) is 1. The number of nitrogens with zero attached hydrogens (tertiary/aromatic N) is 4. The van der Waals surface area contributed by atoms with Crippen LogP contribution in [0.2, 0.25) is 0 Å². The van der Waals surface area contributed by atoms with Crippen molar-refractivity contribution in [1.82, 2.24) is 4.57 Å². The van der Waals surface area contributed by atoms with Gasteiger partial charge in [-0.2, -0.15) is 0 Å². The Morgan fingerprint density at radius 2 is 1.90 bits per heavy atom. The fourth-order valence-electron chi connectivity index (χ4n) is 3.72. The lowest BCUT2D eigenvalue weighted by molar-refractivity contribution is -0.124. The number of rotatable bonds is 7. The minimum atomic E-state index is -0.590. The quantitative estimate of drug-likeness (QED) is 0.447. The number of carbonyl (C=O) groups is 2. The lowest BCUT2D eigenvalue weighted by Crippen LogP contribution is -2.41. The van der Waals surface area contributed by atoms with E-state index in [0.29, 0.717) is 18.0 Å². The Morgan fingerprint density at radius 1 is 1.13 bits per heavy atom. The van der Waals surface area contributed by atoms with Gasteiger partial charge in [0.15, 0.2) is 12.3 Å². The number of fused-ring (bicyclic) bond motifs is 2. The summed E-state index contributed by atoms with van der Waals surface area (Å²) in [5, 5.41) is 19.3. The smallest absolute Gasteiger partial charge is 0.284 e. The summed E-state index contributed by atoms with van der Waals surface area (Å²) in [4.78, 5) is 26.1. The molecule has 160 valence electrons. The molecule has 0 bridgehead atoms. The van der Waals surface area contributed by atoms with Crippen molar-refractivity contribution in [3.63, 3.8) is 0 Å². The van der Waals surface area contributed by atoms with Gasteiger partial charge in [-0.3, -0.25) is 14.5 Å². The van der Waals surface area contributed by atoms with Crippen molar-refractivity contribution in [2.75, 3.05) is 18.1 Å². The van der Waals surface area contributed by atoms with Crippen molar-refractivity contribution in [2.45, 2.75) is 32.7 Å². The molecule has 2 aromatic carbocycles. The van der Waals surface area contributed by atoms with Crippen molar-refractivity contribution >= 4 is 34.1 Å². The van der Waals surface area contributed by atoms with E-state index in [1.165, 1.54) is 4.90 Å². The highest BCUT2D eigenvalue weighted by Crippen LogP contribution is 2.39. The molecule has 4 rings (SSSR count). The predicted octanol–water partition coefficient (Wildman–Crippen LogP) is 4.57. The number of amides is 2. The predicted molar refractivity (Wildman–Crippen MR) is 117 cm³/mol. The number of hydrogen-bond acceptors (Lipinski definition) is 5. The molecule has 8 heteroatoms. The monoisotopic (exact) mass is 420 g/mol. The summed E-state index contributed by atoms with van der Waals surface area (Å²) in [5.74, 6) is -0.383. The molecule has 2 amide bonds. The number of hydrogen-bond donors (Lipinski definition) is 1. The number of aromatic hydroxyl groups is 1. The molecule has 31 heavy (non-hydrogen) atoms. The summed E-state index contributed by atoms with van der Waals surface area (Å²) >= 11 is 0. The Balaban J connectivity index is 1.57. The van der Waals surface area contributed by atoms with Gasteiger partial charge in [-0.05, 0) is 24.6 Å². The average Bonchev–Trinajstić information content (AvgIpc) is 3.05. The standard InChI is InChI=1S/C23H24N4O4/c1-2-3-8-13-26-17-10-5-4-9-16(17)22(23(26)30)25-24-20(28)14-27-18-11-6-7-12-19(18)31-15-21(27)29/h4-7,9-12,30H,2-3,8,13-15H2,1H3. The SMILES string of the molecule is CCCCCn1c(O)c(N=NC(=O)CN2C(=O)COc3ccccc32)c2ccccc21. The van der Waals surface area contributed by atoms with Crippen molar-refractivity contribution in [2.24, 2.45) is 10.2 Å². The van der Waals surface area contributed by atoms with Gasteiger partial charge < -0.3 is 14.4 Å². The molecule has 0 radical (unpaired) electrons. The van der Waals surface area contributed by atoms with Gasteiger partial charge in [-0.25, -0.2) is 0 Å². The fraction of sp³-hybridized carbons (Fsp3) is 0.304. The number of unbranched alkanes of at least 4 members (excludes halogenated alkanes) is 2. The van der Waals surface area contributed by atoms with E-state index >= 15 is 0 Å². The number of aryl methyl sites for hydroxylation is 1. The highest BCUT2D eigenvalue weighted by Gasteiger charge is 2.27. The molecule has 1 aliphatic heterocycles. The fourth-order valence-corrected chi connectivity index (χ4v) is 3.72. The van der Waals surface area contributed by atoms with Gasteiger partial charge >= 0.3 is 0 Å². The van der Waals surface area contributed by atoms with Crippen LogP contribution in [-0.4, -0.2) is 34.6 Å². The second kappa shape index (κ2) is 8.99. The summed E-state index contributed by atoms with van der Waals surface area (Å²) in [6, 6.07) is 14.5. The largest absolute Gasteiger partial charge is 0.493 e. The molecule has 0 aliphatic carbocycles. The second-order valence-electron chi connectivity index (χ2n) is 7.38. The first-order chi connectivity index (χ1) is 15.1. The first-order valence-corrected chi connectivity index (χ1v) is 10.4. The van der Waals surface area contributed by atoms with Crippen LogP contribution < -0.4 is 9.64 Å². The molecule has 0 saturated heterocycles. The zero-order valence-electron chi connectivity index (χ0n) is 17.3. The summed E-state index contributed by atoms with van der Waals surface area (Å²) in [6.45, 7) is 2.39. The van der Waals surface area contributed by atoms with Gasteiger partial charge in [0.05, 0.1) is 11.2 Å². The number of carbonyl (C=O) groups excluding carboxylic acids is 2. The molecule has 8 nitrogen and oxygen atoms in total. The van der Waals surface area contributed by atoms with Crippen molar-refractivity contribution in [3.05, 3.63) is 48.5 Å². The lowest BCUT2D eigenvalue weighted by atomic mass is 10.2. The Bertz CT molecular complexity index is 1150. The third-order valence-electron chi connectivity index (χ3n) is 5.27. The molecular formula is C23H24N4O4. The first-order valence-electron chi connectivity index (χ1n) is 10.4. The van der Waals surface area contributed by atoms with Gasteiger partial charge in [0.25, 0.3) is 11.8 Å². The number of aromatic nitrogens is 1. The normalized spacial score (nSPS) is 13.6. The average molecular weight is 420 g/mol. The van der Waals surface area contributed by atoms with Gasteiger partial charge in [-0.1, -0.05) is 50.1 Å². The molecule has 1 aliphatic rings. The number of anilines is 1. The minimum Gasteiger partial charge on any atom is -0.493 e. The van der Waals surface area contributed by atoms with Gasteiger partial charge in [0, 0.05) is 11.9 Å². The van der Waals surface area contributed by atoms with Crippen molar-refractivity contribution < 1.29 is 19.4 Å². The van der Waals surface area contributed by atoms with Crippen molar-refractivity contribution in [1.29, 1.82) is 0 Å². The molecule has 1 N–H and O–H groups in total. The molecule has 0 fully saturated rings. The first kappa shape index (κ1) is 20.6. The molecule has 0 unspecified atom stereocenters. The molecule has 3 aromatic rings. The van der Waals surface area contributed by atoms with Crippen molar-refractivity contribution in [3.8, 4) is 11.6 Å². The van der Waals surface area contributed by atoms with E-state index in [-0.39, 0.29) is 30.6 Å². The van der Waals surface area contributed by atoms with Crippen LogP contribution in [0.3, 0.4) is 0 Å². The van der Waals surface area contributed by atoms with Gasteiger partial charge in [0.1, 0.15) is 12.3 Å². The molecule has 2 heterocycles. The molecule has 1 aromatic heterocycles. The zero-order chi connectivity index (χ0) is 21.8. The molecular weight excluding hydrogens is 396 g/mol. The Hall–Kier alpha value is -3.68. The van der Waals surface area contributed by atoms with E-state index in [0.717, 1.165) is 30.2 Å². The highest BCUT2D eigenvalue weighted by molar-refractivity contribution is 6.02. The maximum absolute atomic E-state index is 12.5. The van der Waals surface area contributed by atoms with Crippen LogP contribution in [0.15, 0.2) is 58.8 Å². The summed E-state index contributed by atoms with van der Waals surface area (Å²) in [6.07, 6.45) is 3.05. The minimum absolute atomic E-state index is 0.0124. The van der Waals surface area contributed by atoms with Crippen LogP contribution in [0.5, 0.6) is 11.6 Å². The lowest BCUT2D eigenvalue weighted by Gasteiger charge is -2.27. The molecule has 0 spiro atoms. The zero-order valence-corrected chi connectivity index (χ0v) is 17.3. The van der Waals surface area contributed by atoms with E-state index in [9.17, 15) is 14.7 Å². The van der Waals surface area contributed by atoms with Crippen LogP contribution >= 0.6 is 0 Å². The van der Waals surface area contributed by atoms with Crippen LogP contribution in [0.4, 0.5) is 11.4 Å². The Kier molecular flexibility index (Phi) is 5.97. The topological polar surface area (TPSA) is 96.5 Å². The third kappa shape index (κ3) is 4.14. The van der Waals surface area contributed by atoms with Crippen LogP contribution in [0.1, 0.15) is 26.2 Å². The number of benzene rings is 2. The summed E-state index contributed by atoms with van der Waals surface area (Å²) in [7, 11) is 0. The maximum atomic E-state index is 12.5. The van der Waals surface area contributed by atoms with E-state index < -0.39 is 5.91 Å². The molecule has 0 atom stereocenters. The second-order valence-corrected chi connectivity index (χ2v) is 7.38. The van der Waals surface area contributed by atoms with E-state index in [1.54, 1.807) is 28.8 Å². The van der Waals surface area contributed by atoms with Gasteiger partial charge in [0.2, 0.25) is 5.88 Å². The Labute approximate surface area is 179 Å². The molecule has 0 saturated carbocycles. The van der Waals surface area contributed by atoms with E-state index in [4.69, 9.17) is 4.74 Å². The van der Waals surface area contributed by atoms with Crippen LogP contribution in [0, 0.1) is 0 Å². The van der Waals surface area contributed by atoms with Crippen LogP contribution in [-0.2, 0) is 16.1 Å². The van der Waals surface area contributed by atoms with E-state index in [2.05, 4.69) is 17.2 Å². The van der Waals surface area contributed by atoms with E-state index in [1.807, 2.05) is 24.3 Å². The third-order valence-corrected chi connectivity index (χ3v) is 5.27. The summed E-state index contributed by atoms with van der Waals surface area (Å²) < 4.78 is 7.19. The van der Waals surface area contributed by atoms with Gasteiger partial charge in [-0.15, -0.1) is 10.2 Å². The Morgan fingerprint density at radius 3 is 2.74 bits per heavy atom. The summed E-state index contributed by atoms with van der Waals surface area (Å²) in [5.41, 5.74) is 1.63.